The van der Waals surface area contributed by atoms with Gasteiger partial charge in [0.2, 0.25) is 0 Å². The van der Waals surface area contributed by atoms with Gasteiger partial charge in [-0.05, 0) is 64.2 Å². The number of likely N-dealkylation sites (tertiary alicyclic amines) is 2. The van der Waals surface area contributed by atoms with Crippen LogP contribution in [0, 0.1) is 17.2 Å². The van der Waals surface area contributed by atoms with Crippen molar-refractivity contribution in [3.63, 3.8) is 0 Å². The molecule has 4 nitrogen and oxygen atoms in total. The largest absolute Gasteiger partial charge is 0.316 e. The Bertz CT molecular complexity index is 272. The molecular weight excluding hydrogens is 224 g/mol. The predicted molar refractivity (Wildman–Crippen MR) is 73.0 cm³/mol. The Morgan fingerprint density at radius 3 is 2.39 bits per heavy atom. The molecule has 102 valence electrons. The van der Waals surface area contributed by atoms with Crippen LogP contribution in [0.15, 0.2) is 0 Å². The molecular formula is C14H26N4. The van der Waals surface area contributed by atoms with E-state index in [4.69, 9.17) is 11.0 Å². The second kappa shape index (κ2) is 7.08. The van der Waals surface area contributed by atoms with Gasteiger partial charge in [-0.15, -0.1) is 0 Å². The predicted octanol–water partition coefficient (Wildman–Crippen LogP) is 1.04. The lowest BCUT2D eigenvalue weighted by atomic mass is 9.96. The molecule has 0 saturated carbocycles. The minimum atomic E-state index is -0.285. The third kappa shape index (κ3) is 4.24. The minimum Gasteiger partial charge on any atom is -0.316 e. The molecule has 2 rings (SSSR count). The summed E-state index contributed by atoms with van der Waals surface area (Å²) in [7, 11) is 0. The van der Waals surface area contributed by atoms with E-state index in [1.165, 1.54) is 58.4 Å². The average molecular weight is 250 g/mol. The van der Waals surface area contributed by atoms with Crippen LogP contribution in [0.25, 0.3) is 0 Å². The van der Waals surface area contributed by atoms with Crippen LogP contribution in [0.2, 0.25) is 0 Å². The van der Waals surface area contributed by atoms with E-state index in [0.717, 1.165) is 18.9 Å². The molecule has 0 aliphatic carbocycles. The van der Waals surface area contributed by atoms with Crippen molar-refractivity contribution in [3.8, 4) is 6.07 Å². The highest BCUT2D eigenvalue weighted by Crippen LogP contribution is 2.20. The fourth-order valence-electron chi connectivity index (χ4n) is 3.11. The quantitative estimate of drug-likeness (QED) is 0.792. The van der Waals surface area contributed by atoms with Gasteiger partial charge in [-0.1, -0.05) is 0 Å². The van der Waals surface area contributed by atoms with E-state index in [1.54, 1.807) is 0 Å². The van der Waals surface area contributed by atoms with Crippen molar-refractivity contribution in [1.82, 2.24) is 9.80 Å². The van der Waals surface area contributed by atoms with Crippen molar-refractivity contribution in [2.75, 3.05) is 39.3 Å². The zero-order valence-corrected chi connectivity index (χ0v) is 11.4. The van der Waals surface area contributed by atoms with E-state index in [0.29, 0.717) is 0 Å². The van der Waals surface area contributed by atoms with Crippen LogP contribution in [0.1, 0.15) is 32.1 Å². The van der Waals surface area contributed by atoms with Gasteiger partial charge in [-0.2, -0.15) is 5.26 Å². The summed E-state index contributed by atoms with van der Waals surface area (Å²) in [6.45, 7) is 7.32. The molecule has 2 aliphatic rings. The first kappa shape index (κ1) is 13.8. The third-order valence-corrected chi connectivity index (χ3v) is 4.34. The van der Waals surface area contributed by atoms with Crippen molar-refractivity contribution < 1.29 is 0 Å². The third-order valence-electron chi connectivity index (χ3n) is 4.34. The molecule has 0 radical (unpaired) electrons. The Balaban J connectivity index is 1.60. The summed E-state index contributed by atoms with van der Waals surface area (Å²) in [5, 5.41) is 8.67. The fourth-order valence-corrected chi connectivity index (χ4v) is 3.11. The first-order valence-electron chi connectivity index (χ1n) is 7.38. The highest BCUT2D eigenvalue weighted by molar-refractivity contribution is 4.87. The van der Waals surface area contributed by atoms with E-state index in [9.17, 15) is 0 Å². The van der Waals surface area contributed by atoms with Crippen molar-refractivity contribution in [1.29, 1.82) is 5.26 Å². The summed E-state index contributed by atoms with van der Waals surface area (Å²) in [6, 6.07) is 1.82. The number of rotatable bonds is 5. The summed E-state index contributed by atoms with van der Waals surface area (Å²) in [6.07, 6.45) is 6.24. The van der Waals surface area contributed by atoms with Crippen molar-refractivity contribution in [3.05, 3.63) is 0 Å². The van der Waals surface area contributed by atoms with E-state index in [-0.39, 0.29) is 6.04 Å². The Kier molecular flexibility index (Phi) is 5.43. The molecule has 0 aromatic carbocycles. The maximum absolute atomic E-state index is 8.67. The van der Waals surface area contributed by atoms with Gasteiger partial charge in [-0.3, -0.25) is 0 Å². The van der Waals surface area contributed by atoms with Gasteiger partial charge in [0.15, 0.2) is 0 Å². The maximum atomic E-state index is 8.67. The molecule has 1 atom stereocenters. The monoisotopic (exact) mass is 250 g/mol. The van der Waals surface area contributed by atoms with Crippen LogP contribution in [-0.4, -0.2) is 55.1 Å². The molecule has 4 heteroatoms. The Morgan fingerprint density at radius 2 is 1.78 bits per heavy atom. The molecule has 2 saturated heterocycles. The molecule has 0 aromatic heterocycles. The van der Waals surface area contributed by atoms with Gasteiger partial charge in [0.25, 0.3) is 0 Å². The topological polar surface area (TPSA) is 56.3 Å². The molecule has 2 N–H and O–H groups in total. The second-order valence-corrected chi connectivity index (χ2v) is 5.82. The second-order valence-electron chi connectivity index (χ2n) is 5.82. The van der Waals surface area contributed by atoms with Gasteiger partial charge < -0.3 is 15.5 Å². The lowest BCUT2D eigenvalue weighted by Gasteiger charge is -2.34. The summed E-state index contributed by atoms with van der Waals surface area (Å²) < 4.78 is 0. The van der Waals surface area contributed by atoms with Crippen LogP contribution in [-0.2, 0) is 0 Å². The van der Waals surface area contributed by atoms with Gasteiger partial charge in [0.1, 0.15) is 0 Å². The lowest BCUT2D eigenvalue weighted by Crippen LogP contribution is -2.39. The van der Waals surface area contributed by atoms with E-state index in [1.807, 2.05) is 0 Å². The molecule has 0 spiro atoms. The summed E-state index contributed by atoms with van der Waals surface area (Å²) in [5.41, 5.74) is 5.63. The smallest absolute Gasteiger partial charge is 0.0940 e. The maximum Gasteiger partial charge on any atom is 0.0940 e. The fraction of sp³-hybridized carbons (Fsp3) is 0.929. The summed E-state index contributed by atoms with van der Waals surface area (Å²) in [4.78, 5) is 5.10. The SMILES string of the molecule is N#CC(N)CCN1CCC(CN2CCCC2)CC1. The Morgan fingerprint density at radius 1 is 1.11 bits per heavy atom. The molecule has 2 heterocycles. The normalized spacial score (nSPS) is 25.1. The zero-order valence-electron chi connectivity index (χ0n) is 11.4. The van der Waals surface area contributed by atoms with Crippen molar-refractivity contribution in [2.45, 2.75) is 38.1 Å². The molecule has 2 fully saturated rings. The van der Waals surface area contributed by atoms with Gasteiger partial charge in [-0.25, -0.2) is 0 Å². The highest BCUT2D eigenvalue weighted by Gasteiger charge is 2.22. The molecule has 18 heavy (non-hydrogen) atoms. The van der Waals surface area contributed by atoms with E-state index >= 15 is 0 Å². The van der Waals surface area contributed by atoms with Crippen LogP contribution in [0.5, 0.6) is 0 Å². The number of nitrogens with zero attached hydrogens (tertiary/aromatic N) is 3. The molecule has 0 bridgehead atoms. The highest BCUT2D eigenvalue weighted by atomic mass is 15.2. The van der Waals surface area contributed by atoms with Gasteiger partial charge in [0.05, 0.1) is 12.1 Å². The molecule has 0 aromatic rings. The van der Waals surface area contributed by atoms with E-state index < -0.39 is 0 Å². The summed E-state index contributed by atoms with van der Waals surface area (Å²) >= 11 is 0. The van der Waals surface area contributed by atoms with Gasteiger partial charge in [0, 0.05) is 13.1 Å². The molecule has 1 unspecified atom stereocenters. The van der Waals surface area contributed by atoms with Crippen LogP contribution in [0.3, 0.4) is 0 Å². The number of nitrogens with two attached hydrogens (primary N) is 1. The first-order valence-corrected chi connectivity index (χ1v) is 7.38. The molecule has 0 amide bonds. The molecule has 2 aliphatic heterocycles. The van der Waals surface area contributed by atoms with Crippen LogP contribution >= 0.6 is 0 Å². The minimum absolute atomic E-state index is 0.285. The lowest BCUT2D eigenvalue weighted by molar-refractivity contribution is 0.152. The average Bonchev–Trinajstić information content (AvgIpc) is 2.90. The van der Waals surface area contributed by atoms with E-state index in [2.05, 4.69) is 15.9 Å². The Labute approximate surface area is 111 Å². The zero-order chi connectivity index (χ0) is 12.8. The summed E-state index contributed by atoms with van der Waals surface area (Å²) in [5.74, 6) is 0.893. The first-order chi connectivity index (χ1) is 8.78. The van der Waals surface area contributed by atoms with Crippen molar-refractivity contribution >= 4 is 0 Å². The standard InChI is InChI=1S/C14H26N4/c15-11-14(16)5-10-17-8-3-13(4-9-17)12-18-6-1-2-7-18/h13-14H,1-10,12,16H2. The van der Waals surface area contributed by atoms with Crippen LogP contribution in [0.4, 0.5) is 0 Å². The number of nitriles is 1. The number of hydrogen-bond donors (Lipinski definition) is 1. The van der Waals surface area contributed by atoms with Crippen LogP contribution < -0.4 is 5.73 Å². The Hall–Kier alpha value is -0.630. The number of hydrogen-bond acceptors (Lipinski definition) is 4. The van der Waals surface area contributed by atoms with Crippen molar-refractivity contribution in [2.24, 2.45) is 11.7 Å². The number of piperidine rings is 1. The van der Waals surface area contributed by atoms with Gasteiger partial charge >= 0.3 is 0 Å².